The van der Waals surface area contributed by atoms with Crippen LogP contribution in [0.15, 0.2) is 72.8 Å². The van der Waals surface area contributed by atoms with E-state index in [-0.39, 0.29) is 18.2 Å². The van der Waals surface area contributed by atoms with E-state index in [0.717, 1.165) is 11.1 Å². The Morgan fingerprint density at radius 2 is 1.73 bits per heavy atom. The van der Waals surface area contributed by atoms with E-state index >= 15 is 0 Å². The van der Waals surface area contributed by atoms with Gasteiger partial charge < -0.3 is 15.4 Å². The fraction of sp³-hybridized carbons (Fsp3) is 0.192. The number of carbonyl (C=O) groups excluding carboxylic acids is 2. The molecule has 0 aromatic heterocycles. The lowest BCUT2D eigenvalue weighted by Gasteiger charge is -2.19. The summed E-state index contributed by atoms with van der Waals surface area (Å²) in [5.41, 5.74) is 2.80. The van der Waals surface area contributed by atoms with E-state index in [1.165, 1.54) is 6.92 Å². The van der Waals surface area contributed by atoms with Gasteiger partial charge >= 0.3 is 0 Å². The number of rotatable bonds is 8. The molecule has 0 saturated heterocycles. The molecule has 2 unspecified atom stereocenters. The summed E-state index contributed by atoms with van der Waals surface area (Å²) in [7, 11) is 1.57. The Morgan fingerprint density at radius 1 is 1.03 bits per heavy atom. The molecule has 0 saturated carbocycles. The molecule has 33 heavy (non-hydrogen) atoms. The van der Waals surface area contributed by atoms with Gasteiger partial charge in [0.1, 0.15) is 5.75 Å². The number of nitriles is 1. The molecule has 0 fully saturated rings. The highest BCUT2D eigenvalue weighted by atomic mass is 35.5. The lowest BCUT2D eigenvalue weighted by atomic mass is 9.92. The molecule has 0 aliphatic rings. The van der Waals surface area contributed by atoms with Crippen molar-refractivity contribution in [2.75, 3.05) is 12.4 Å². The number of benzene rings is 3. The Bertz CT molecular complexity index is 1160. The molecule has 7 heteroatoms. The number of nitrogens with one attached hydrogen (secondary N) is 2. The minimum Gasteiger partial charge on any atom is -0.497 e. The Kier molecular flexibility index (Phi) is 8.06. The molecule has 2 atom stereocenters. The van der Waals surface area contributed by atoms with Crippen LogP contribution < -0.4 is 15.4 Å². The SMILES string of the molecule is COc1ccc(C(CC(=O)Nc2ccc(C(C#N)c3ccccc3)c(Cl)c2)NC(C)=O)cc1. The fourth-order valence-corrected chi connectivity index (χ4v) is 3.83. The standard InChI is InChI=1S/C26H24ClN3O3/c1-17(31)29-25(19-8-11-21(33-2)12-9-19)15-26(32)30-20-10-13-22(24(27)14-20)23(16-28)18-6-4-3-5-7-18/h3-14,23,25H,15H2,1-2H3,(H,29,31)(H,30,32). The van der Waals surface area contributed by atoms with Crippen LogP contribution in [-0.4, -0.2) is 18.9 Å². The smallest absolute Gasteiger partial charge is 0.226 e. The van der Waals surface area contributed by atoms with E-state index in [0.29, 0.717) is 22.0 Å². The summed E-state index contributed by atoms with van der Waals surface area (Å²) >= 11 is 6.46. The molecule has 3 aromatic rings. The summed E-state index contributed by atoms with van der Waals surface area (Å²) in [4.78, 5) is 24.4. The maximum atomic E-state index is 12.7. The number of halogens is 1. The topological polar surface area (TPSA) is 91.2 Å². The third kappa shape index (κ3) is 6.34. The molecule has 6 nitrogen and oxygen atoms in total. The molecule has 0 radical (unpaired) electrons. The highest BCUT2D eigenvalue weighted by Crippen LogP contribution is 2.32. The average Bonchev–Trinajstić information content (AvgIpc) is 2.81. The van der Waals surface area contributed by atoms with Gasteiger partial charge in [-0.05, 0) is 41.0 Å². The highest BCUT2D eigenvalue weighted by molar-refractivity contribution is 6.31. The van der Waals surface area contributed by atoms with Crippen LogP contribution >= 0.6 is 11.6 Å². The van der Waals surface area contributed by atoms with Crippen molar-refractivity contribution in [1.29, 1.82) is 5.26 Å². The van der Waals surface area contributed by atoms with E-state index < -0.39 is 12.0 Å². The number of carbonyl (C=O) groups is 2. The predicted octanol–water partition coefficient (Wildman–Crippen LogP) is 5.21. The number of hydrogen-bond donors (Lipinski definition) is 2. The highest BCUT2D eigenvalue weighted by Gasteiger charge is 2.19. The summed E-state index contributed by atoms with van der Waals surface area (Å²) in [6.45, 7) is 1.41. The molecule has 3 aromatic carbocycles. The van der Waals surface area contributed by atoms with E-state index in [4.69, 9.17) is 16.3 Å². The Hall–Kier alpha value is -3.82. The molecule has 0 heterocycles. The monoisotopic (exact) mass is 461 g/mol. The molecule has 0 aliphatic carbocycles. The largest absolute Gasteiger partial charge is 0.497 e. The summed E-state index contributed by atoms with van der Waals surface area (Å²) in [6.07, 6.45) is 0.0378. The first-order chi connectivity index (χ1) is 15.9. The van der Waals surface area contributed by atoms with Crippen molar-refractivity contribution in [3.63, 3.8) is 0 Å². The fourth-order valence-electron chi connectivity index (χ4n) is 3.54. The van der Waals surface area contributed by atoms with Crippen molar-refractivity contribution in [2.24, 2.45) is 0 Å². The molecule has 3 rings (SSSR count). The number of hydrogen-bond acceptors (Lipinski definition) is 4. The predicted molar refractivity (Wildman–Crippen MR) is 128 cm³/mol. The minimum atomic E-state index is -0.511. The van der Waals surface area contributed by atoms with Crippen molar-refractivity contribution in [3.05, 3.63) is 94.5 Å². The Morgan fingerprint density at radius 3 is 2.30 bits per heavy atom. The maximum Gasteiger partial charge on any atom is 0.226 e. The summed E-state index contributed by atoms with van der Waals surface area (Å²) in [5.74, 6) is -0.346. The Balaban J connectivity index is 1.73. The van der Waals surface area contributed by atoms with Crippen molar-refractivity contribution >= 4 is 29.1 Å². The Labute approximate surface area is 198 Å². The maximum absolute atomic E-state index is 12.7. The first-order valence-electron chi connectivity index (χ1n) is 10.4. The number of amides is 2. The van der Waals surface area contributed by atoms with Gasteiger partial charge in [-0.3, -0.25) is 9.59 Å². The van der Waals surface area contributed by atoms with Crippen LogP contribution in [0.4, 0.5) is 5.69 Å². The number of anilines is 1. The third-order valence-electron chi connectivity index (χ3n) is 5.14. The van der Waals surface area contributed by atoms with Crippen LogP contribution in [-0.2, 0) is 9.59 Å². The van der Waals surface area contributed by atoms with Crippen LogP contribution in [0.5, 0.6) is 5.75 Å². The van der Waals surface area contributed by atoms with Gasteiger partial charge in [0, 0.05) is 17.6 Å². The van der Waals surface area contributed by atoms with Gasteiger partial charge in [0.15, 0.2) is 0 Å². The van der Waals surface area contributed by atoms with Gasteiger partial charge in [-0.25, -0.2) is 0 Å². The molecule has 2 amide bonds. The van der Waals surface area contributed by atoms with Gasteiger partial charge in [0.2, 0.25) is 11.8 Å². The molecular weight excluding hydrogens is 438 g/mol. The van der Waals surface area contributed by atoms with Crippen LogP contribution in [0.2, 0.25) is 5.02 Å². The lowest BCUT2D eigenvalue weighted by Crippen LogP contribution is -2.29. The van der Waals surface area contributed by atoms with E-state index in [1.54, 1.807) is 37.4 Å². The van der Waals surface area contributed by atoms with E-state index in [9.17, 15) is 14.9 Å². The number of methoxy groups -OCH3 is 1. The molecular formula is C26H24ClN3O3. The van der Waals surface area contributed by atoms with Crippen LogP contribution in [0.1, 0.15) is 42.0 Å². The zero-order valence-corrected chi connectivity index (χ0v) is 19.1. The summed E-state index contributed by atoms with van der Waals surface area (Å²) < 4.78 is 5.16. The average molecular weight is 462 g/mol. The third-order valence-corrected chi connectivity index (χ3v) is 5.47. The number of nitrogens with zero attached hydrogens (tertiary/aromatic N) is 1. The molecule has 0 bridgehead atoms. The second-order valence-corrected chi connectivity index (χ2v) is 7.89. The zero-order chi connectivity index (χ0) is 23.8. The van der Waals surface area contributed by atoms with Gasteiger partial charge in [-0.1, -0.05) is 60.1 Å². The second-order valence-electron chi connectivity index (χ2n) is 7.49. The minimum absolute atomic E-state index is 0.0378. The van der Waals surface area contributed by atoms with Gasteiger partial charge in [-0.2, -0.15) is 5.26 Å². The molecule has 168 valence electrons. The first-order valence-corrected chi connectivity index (χ1v) is 10.7. The van der Waals surface area contributed by atoms with Crippen molar-refractivity contribution in [3.8, 4) is 11.8 Å². The normalized spacial score (nSPS) is 12.2. The van der Waals surface area contributed by atoms with Crippen molar-refractivity contribution in [2.45, 2.75) is 25.3 Å². The van der Waals surface area contributed by atoms with Crippen molar-refractivity contribution in [1.82, 2.24) is 5.32 Å². The van der Waals surface area contributed by atoms with Crippen LogP contribution in [0, 0.1) is 11.3 Å². The number of ether oxygens (including phenoxy) is 1. The molecule has 2 N–H and O–H groups in total. The zero-order valence-electron chi connectivity index (χ0n) is 18.3. The van der Waals surface area contributed by atoms with Crippen LogP contribution in [0.3, 0.4) is 0 Å². The first kappa shape index (κ1) is 23.8. The van der Waals surface area contributed by atoms with Crippen LogP contribution in [0.25, 0.3) is 0 Å². The quantitative estimate of drug-likeness (QED) is 0.481. The molecule has 0 spiro atoms. The molecule has 0 aliphatic heterocycles. The van der Waals surface area contributed by atoms with E-state index in [2.05, 4.69) is 16.7 Å². The lowest BCUT2D eigenvalue weighted by molar-refractivity contribution is -0.120. The van der Waals surface area contributed by atoms with E-state index in [1.807, 2.05) is 42.5 Å². The van der Waals surface area contributed by atoms with Gasteiger partial charge in [-0.15, -0.1) is 0 Å². The van der Waals surface area contributed by atoms with Gasteiger partial charge in [0.25, 0.3) is 0 Å². The van der Waals surface area contributed by atoms with Crippen molar-refractivity contribution < 1.29 is 14.3 Å². The summed E-state index contributed by atoms with van der Waals surface area (Å²) in [6, 6.07) is 23.4. The second kappa shape index (κ2) is 11.2. The van der Waals surface area contributed by atoms with Gasteiger partial charge in [0.05, 0.1) is 31.6 Å². The summed E-state index contributed by atoms with van der Waals surface area (Å²) in [5, 5.41) is 15.7.